The molecule has 0 radical (unpaired) electrons. The predicted octanol–water partition coefficient (Wildman–Crippen LogP) is 6.59. The van der Waals surface area contributed by atoms with Crippen LogP contribution >= 0.6 is 39.0 Å². The van der Waals surface area contributed by atoms with E-state index in [2.05, 4.69) is 51.4 Å². The maximum atomic E-state index is 13.7. The smallest absolute Gasteiger partial charge is 0.234 e. The number of Topliss-reactive ketones (excluding diaryl/α,β-unsaturated/α-hetero) is 1. The number of nitrogens with two attached hydrogens (primary N) is 1. The monoisotopic (exact) mass is 648 g/mol. The van der Waals surface area contributed by atoms with E-state index in [0.29, 0.717) is 33.5 Å². The first kappa shape index (κ1) is 29.0. The van der Waals surface area contributed by atoms with Crippen LogP contribution in [0.2, 0.25) is 0 Å². The molecule has 2 aromatic carbocycles. The molecule has 210 valence electrons. The van der Waals surface area contributed by atoms with Gasteiger partial charge in [-0.3, -0.25) is 14.5 Å². The minimum absolute atomic E-state index is 0.00315. The van der Waals surface area contributed by atoms with Crippen molar-refractivity contribution >= 4 is 61.5 Å². The summed E-state index contributed by atoms with van der Waals surface area (Å²) in [6, 6.07) is 15.8. The molecule has 1 aromatic heterocycles. The number of amides is 1. The van der Waals surface area contributed by atoms with Crippen LogP contribution < -0.4 is 16.0 Å². The second-order valence-electron chi connectivity index (χ2n) is 11.0. The number of hydrogen-bond acceptors (Lipinski definition) is 9. The molecule has 1 atom stereocenters. The van der Waals surface area contributed by atoms with Crippen molar-refractivity contribution in [3.8, 4) is 6.07 Å². The van der Waals surface area contributed by atoms with Gasteiger partial charge in [-0.15, -0.1) is 10.2 Å². The fourth-order valence-electron chi connectivity index (χ4n) is 5.33. The van der Waals surface area contributed by atoms with Crippen LogP contribution in [0.3, 0.4) is 0 Å². The number of anilines is 2. The normalized spacial score (nSPS) is 18.3. The van der Waals surface area contributed by atoms with E-state index in [1.165, 1.54) is 23.1 Å². The Labute approximate surface area is 255 Å². The third-order valence-corrected chi connectivity index (χ3v) is 9.72. The van der Waals surface area contributed by atoms with Gasteiger partial charge in [0, 0.05) is 27.9 Å². The molecule has 3 aromatic rings. The number of nitriles is 1. The lowest BCUT2D eigenvalue weighted by Gasteiger charge is -2.42. The maximum absolute atomic E-state index is 13.7. The molecule has 2 heterocycles. The van der Waals surface area contributed by atoms with Crippen LogP contribution in [0.5, 0.6) is 0 Å². The van der Waals surface area contributed by atoms with Gasteiger partial charge in [0.05, 0.1) is 23.3 Å². The van der Waals surface area contributed by atoms with Crippen LogP contribution in [-0.4, -0.2) is 27.6 Å². The van der Waals surface area contributed by atoms with E-state index < -0.39 is 5.92 Å². The van der Waals surface area contributed by atoms with Crippen molar-refractivity contribution in [1.29, 1.82) is 5.26 Å². The fourth-order valence-corrected chi connectivity index (χ4v) is 7.28. The van der Waals surface area contributed by atoms with E-state index in [4.69, 9.17) is 5.73 Å². The standard InChI is InChI=1S/C30H29BrN6O2S2/c1-16-5-10-21(17(2)11-16)34-24(39)15-40-29-36-35-28(41-29)37-22-12-30(3,4)13-23(38)26(22)25(20(14-32)27(37)33)18-6-8-19(31)9-7-18/h5-11,25H,12-13,15,33H2,1-4H3,(H,34,39). The molecule has 1 unspecified atom stereocenters. The molecule has 8 nitrogen and oxygen atoms in total. The largest absolute Gasteiger partial charge is 0.384 e. The molecule has 1 aliphatic heterocycles. The van der Waals surface area contributed by atoms with Crippen molar-refractivity contribution in [1.82, 2.24) is 10.2 Å². The van der Waals surface area contributed by atoms with Crippen molar-refractivity contribution in [2.24, 2.45) is 11.1 Å². The Balaban J connectivity index is 1.45. The van der Waals surface area contributed by atoms with Gasteiger partial charge < -0.3 is 11.1 Å². The van der Waals surface area contributed by atoms with E-state index >= 15 is 0 Å². The number of aromatic nitrogens is 2. The quantitative estimate of drug-likeness (QED) is 0.287. The van der Waals surface area contributed by atoms with Gasteiger partial charge in [0.2, 0.25) is 11.0 Å². The van der Waals surface area contributed by atoms with Gasteiger partial charge in [-0.25, -0.2) is 0 Å². The first-order valence-corrected chi connectivity index (χ1v) is 15.6. The molecule has 3 N–H and O–H groups in total. The van der Waals surface area contributed by atoms with Gasteiger partial charge in [-0.2, -0.15) is 5.26 Å². The molecule has 11 heteroatoms. The molecular weight excluding hydrogens is 620 g/mol. The number of nitrogens with one attached hydrogen (secondary N) is 1. The SMILES string of the molecule is Cc1ccc(NC(=O)CSc2nnc(N3C(N)=C(C#N)C(c4ccc(Br)cc4)C4=C3CC(C)(C)CC4=O)s2)c(C)c1. The number of carbonyl (C=O) groups excluding carboxylic acids is 2. The molecule has 2 aliphatic rings. The third-order valence-electron chi connectivity index (χ3n) is 7.15. The van der Waals surface area contributed by atoms with Crippen molar-refractivity contribution < 1.29 is 9.59 Å². The lowest BCUT2D eigenvalue weighted by Crippen LogP contribution is -2.42. The van der Waals surface area contributed by atoms with Crippen LogP contribution in [0.15, 0.2) is 73.9 Å². The fraction of sp³-hybridized carbons (Fsp3) is 0.300. The number of thioether (sulfide) groups is 1. The van der Waals surface area contributed by atoms with E-state index in [0.717, 1.165) is 32.5 Å². The van der Waals surface area contributed by atoms with Gasteiger partial charge in [-0.1, -0.05) is 82.7 Å². The molecule has 5 rings (SSSR count). The number of halogens is 1. The summed E-state index contributed by atoms with van der Waals surface area (Å²) >= 11 is 6.02. The Bertz CT molecular complexity index is 1650. The van der Waals surface area contributed by atoms with E-state index in [-0.39, 0.29) is 28.7 Å². The molecule has 1 aliphatic carbocycles. The Hall–Kier alpha value is -3.46. The Morgan fingerprint density at radius 2 is 1.95 bits per heavy atom. The second-order valence-corrected chi connectivity index (χ2v) is 14.1. The summed E-state index contributed by atoms with van der Waals surface area (Å²) in [4.78, 5) is 28.0. The van der Waals surface area contributed by atoms with Crippen molar-refractivity contribution in [2.75, 3.05) is 16.0 Å². The molecule has 0 spiro atoms. The molecular formula is C30H29BrN6O2S2. The van der Waals surface area contributed by atoms with Crippen LogP contribution in [0.25, 0.3) is 0 Å². The van der Waals surface area contributed by atoms with Gasteiger partial charge in [-0.05, 0) is 55.0 Å². The summed E-state index contributed by atoms with van der Waals surface area (Å²) in [5.74, 6) is -0.313. The van der Waals surface area contributed by atoms with Crippen molar-refractivity contribution in [2.45, 2.75) is 50.8 Å². The number of nitrogens with zero attached hydrogens (tertiary/aromatic N) is 4. The first-order valence-electron chi connectivity index (χ1n) is 13.0. The zero-order chi connectivity index (χ0) is 29.5. The summed E-state index contributed by atoms with van der Waals surface area (Å²) in [5, 5.41) is 22.4. The zero-order valence-electron chi connectivity index (χ0n) is 23.1. The molecule has 1 amide bonds. The average molecular weight is 650 g/mol. The summed E-state index contributed by atoms with van der Waals surface area (Å²) in [5.41, 5.74) is 11.8. The molecule has 0 bridgehead atoms. The maximum Gasteiger partial charge on any atom is 0.234 e. The minimum atomic E-state index is -0.557. The minimum Gasteiger partial charge on any atom is -0.384 e. The number of carbonyl (C=O) groups is 2. The number of rotatable bonds is 6. The van der Waals surface area contributed by atoms with Crippen molar-refractivity contribution in [3.05, 3.63) is 86.3 Å². The zero-order valence-corrected chi connectivity index (χ0v) is 26.3. The van der Waals surface area contributed by atoms with Crippen LogP contribution in [0, 0.1) is 30.6 Å². The van der Waals surface area contributed by atoms with Gasteiger partial charge in [0.15, 0.2) is 10.1 Å². The number of ketones is 1. The van der Waals surface area contributed by atoms with Crippen molar-refractivity contribution in [3.63, 3.8) is 0 Å². The third kappa shape index (κ3) is 5.96. The van der Waals surface area contributed by atoms with Gasteiger partial charge >= 0.3 is 0 Å². The van der Waals surface area contributed by atoms with Crippen LogP contribution in [0.1, 0.15) is 49.3 Å². The Morgan fingerprint density at radius 1 is 1.22 bits per heavy atom. The highest BCUT2D eigenvalue weighted by atomic mass is 79.9. The summed E-state index contributed by atoms with van der Waals surface area (Å²) < 4.78 is 1.49. The number of allylic oxidation sites excluding steroid dienone is 3. The van der Waals surface area contributed by atoms with Gasteiger partial charge in [0.1, 0.15) is 5.82 Å². The Kier molecular flexibility index (Phi) is 8.10. The van der Waals surface area contributed by atoms with Crippen LogP contribution in [-0.2, 0) is 9.59 Å². The topological polar surface area (TPSA) is 125 Å². The highest BCUT2D eigenvalue weighted by molar-refractivity contribution is 9.10. The number of aryl methyl sites for hydroxylation is 2. The van der Waals surface area contributed by atoms with Crippen LogP contribution in [0.4, 0.5) is 10.8 Å². The lowest BCUT2D eigenvalue weighted by atomic mass is 9.69. The summed E-state index contributed by atoms with van der Waals surface area (Å²) in [7, 11) is 0. The van der Waals surface area contributed by atoms with Gasteiger partial charge in [0.25, 0.3) is 0 Å². The second kappa shape index (κ2) is 11.4. The lowest BCUT2D eigenvalue weighted by molar-refractivity contribution is -0.118. The predicted molar refractivity (Wildman–Crippen MR) is 166 cm³/mol. The highest BCUT2D eigenvalue weighted by Crippen LogP contribution is 2.50. The first-order chi connectivity index (χ1) is 19.5. The average Bonchev–Trinajstić information content (AvgIpc) is 3.37. The van der Waals surface area contributed by atoms with E-state index in [1.807, 2.05) is 56.3 Å². The molecule has 0 saturated heterocycles. The molecule has 0 fully saturated rings. The summed E-state index contributed by atoms with van der Waals surface area (Å²) in [6.07, 6.45) is 0.957. The number of hydrogen-bond donors (Lipinski definition) is 2. The highest BCUT2D eigenvalue weighted by Gasteiger charge is 2.45. The number of benzene rings is 2. The summed E-state index contributed by atoms with van der Waals surface area (Å²) in [6.45, 7) is 8.07. The van der Waals surface area contributed by atoms with E-state index in [1.54, 1.807) is 4.90 Å². The molecule has 0 saturated carbocycles. The van der Waals surface area contributed by atoms with E-state index in [9.17, 15) is 14.9 Å². The molecule has 41 heavy (non-hydrogen) atoms. The Morgan fingerprint density at radius 3 is 2.63 bits per heavy atom.